The van der Waals surface area contributed by atoms with Gasteiger partial charge in [-0.25, -0.2) is 4.98 Å². The summed E-state index contributed by atoms with van der Waals surface area (Å²) < 4.78 is 5.36. The van der Waals surface area contributed by atoms with Crippen molar-refractivity contribution in [2.24, 2.45) is 5.73 Å². The molecule has 84 valence electrons. The highest BCUT2D eigenvalue weighted by molar-refractivity contribution is 7.13. The van der Waals surface area contributed by atoms with E-state index in [1.54, 1.807) is 18.4 Å². The number of benzene rings is 1. The quantitative estimate of drug-likeness (QED) is 0.888. The van der Waals surface area contributed by atoms with Gasteiger partial charge >= 0.3 is 0 Å². The van der Waals surface area contributed by atoms with E-state index in [2.05, 4.69) is 11.1 Å². The van der Waals surface area contributed by atoms with Crippen molar-refractivity contribution in [1.29, 1.82) is 0 Å². The van der Waals surface area contributed by atoms with Crippen LogP contribution in [0, 0.1) is 6.92 Å². The molecule has 0 saturated carbocycles. The number of rotatable bonds is 3. The van der Waals surface area contributed by atoms with Crippen molar-refractivity contribution < 1.29 is 4.74 Å². The van der Waals surface area contributed by atoms with Crippen LogP contribution in [0.2, 0.25) is 0 Å². The van der Waals surface area contributed by atoms with Crippen LogP contribution in [0.25, 0.3) is 10.6 Å². The standard InChI is InChI=1S/C12H14N2OS/c1-8-3-4-10(11(5-8)15-2)12-14-9(6-13)7-16-12/h3-5,7H,6,13H2,1-2H3. The molecule has 3 nitrogen and oxygen atoms in total. The van der Waals surface area contributed by atoms with E-state index in [9.17, 15) is 0 Å². The molecule has 0 saturated heterocycles. The summed E-state index contributed by atoms with van der Waals surface area (Å²) in [6.07, 6.45) is 0. The van der Waals surface area contributed by atoms with Crippen molar-refractivity contribution in [2.75, 3.05) is 7.11 Å². The summed E-state index contributed by atoms with van der Waals surface area (Å²) in [6, 6.07) is 6.10. The molecular formula is C12H14N2OS. The molecule has 0 aliphatic heterocycles. The topological polar surface area (TPSA) is 48.1 Å². The monoisotopic (exact) mass is 234 g/mol. The lowest BCUT2D eigenvalue weighted by Crippen LogP contribution is -1.96. The molecule has 2 rings (SSSR count). The summed E-state index contributed by atoms with van der Waals surface area (Å²) in [7, 11) is 1.68. The first-order valence-corrected chi connectivity index (χ1v) is 5.92. The van der Waals surface area contributed by atoms with Crippen molar-refractivity contribution in [2.45, 2.75) is 13.5 Å². The van der Waals surface area contributed by atoms with Crippen molar-refractivity contribution >= 4 is 11.3 Å². The minimum Gasteiger partial charge on any atom is -0.496 e. The molecule has 0 unspecified atom stereocenters. The van der Waals surface area contributed by atoms with Crippen molar-refractivity contribution in [1.82, 2.24) is 4.98 Å². The third-order valence-corrected chi connectivity index (χ3v) is 3.27. The summed E-state index contributed by atoms with van der Waals surface area (Å²) in [6.45, 7) is 2.52. The highest BCUT2D eigenvalue weighted by atomic mass is 32.1. The molecular weight excluding hydrogens is 220 g/mol. The Morgan fingerprint density at radius 2 is 2.25 bits per heavy atom. The first-order valence-electron chi connectivity index (χ1n) is 5.04. The molecule has 2 N–H and O–H groups in total. The zero-order chi connectivity index (χ0) is 11.5. The third-order valence-electron chi connectivity index (χ3n) is 2.35. The van der Waals surface area contributed by atoms with Gasteiger partial charge in [0.15, 0.2) is 0 Å². The summed E-state index contributed by atoms with van der Waals surface area (Å²) in [5.74, 6) is 0.859. The van der Waals surface area contributed by atoms with Crippen LogP contribution < -0.4 is 10.5 Å². The Morgan fingerprint density at radius 1 is 1.44 bits per heavy atom. The summed E-state index contributed by atoms with van der Waals surface area (Å²) >= 11 is 1.59. The van der Waals surface area contributed by atoms with Gasteiger partial charge in [0.25, 0.3) is 0 Å². The molecule has 1 aromatic heterocycles. The van der Waals surface area contributed by atoms with E-state index in [0.717, 1.165) is 22.0 Å². The van der Waals surface area contributed by atoms with Crippen LogP contribution in [0.15, 0.2) is 23.6 Å². The number of hydrogen-bond acceptors (Lipinski definition) is 4. The number of hydrogen-bond donors (Lipinski definition) is 1. The fourth-order valence-corrected chi connectivity index (χ4v) is 2.36. The minimum absolute atomic E-state index is 0.477. The van der Waals surface area contributed by atoms with Gasteiger partial charge in [-0.05, 0) is 24.6 Å². The largest absolute Gasteiger partial charge is 0.496 e. The Balaban J connectivity index is 2.46. The molecule has 0 atom stereocenters. The fourth-order valence-electron chi connectivity index (χ4n) is 1.50. The zero-order valence-electron chi connectivity index (χ0n) is 9.36. The predicted molar refractivity (Wildman–Crippen MR) is 66.7 cm³/mol. The Bertz CT molecular complexity index is 494. The number of nitrogens with zero attached hydrogens (tertiary/aromatic N) is 1. The van der Waals surface area contributed by atoms with Crippen LogP contribution in [0.5, 0.6) is 5.75 Å². The first kappa shape index (κ1) is 11.1. The molecule has 0 aliphatic rings. The zero-order valence-corrected chi connectivity index (χ0v) is 10.2. The van der Waals surface area contributed by atoms with Gasteiger partial charge in [-0.15, -0.1) is 11.3 Å². The molecule has 4 heteroatoms. The molecule has 0 bridgehead atoms. The third kappa shape index (κ3) is 2.08. The number of aryl methyl sites for hydroxylation is 1. The smallest absolute Gasteiger partial charge is 0.129 e. The van der Waals surface area contributed by atoms with E-state index >= 15 is 0 Å². The van der Waals surface area contributed by atoms with E-state index in [-0.39, 0.29) is 0 Å². The van der Waals surface area contributed by atoms with Crippen LogP contribution in [0.3, 0.4) is 0 Å². The van der Waals surface area contributed by atoms with Crippen LogP contribution >= 0.6 is 11.3 Å². The number of thiazole rings is 1. The van der Waals surface area contributed by atoms with Gasteiger partial charge < -0.3 is 10.5 Å². The molecule has 0 spiro atoms. The molecule has 0 aliphatic carbocycles. The second-order valence-corrected chi connectivity index (χ2v) is 4.41. The highest BCUT2D eigenvalue weighted by Gasteiger charge is 2.09. The van der Waals surface area contributed by atoms with Crippen molar-refractivity contribution in [3.8, 4) is 16.3 Å². The molecule has 0 radical (unpaired) electrons. The average Bonchev–Trinajstić information content (AvgIpc) is 2.77. The van der Waals surface area contributed by atoms with E-state index in [1.165, 1.54) is 5.56 Å². The van der Waals surface area contributed by atoms with Gasteiger partial charge in [0.2, 0.25) is 0 Å². The lowest BCUT2D eigenvalue weighted by atomic mass is 10.1. The van der Waals surface area contributed by atoms with Crippen molar-refractivity contribution in [3.05, 3.63) is 34.8 Å². The van der Waals surface area contributed by atoms with Crippen molar-refractivity contribution in [3.63, 3.8) is 0 Å². The molecule has 1 aromatic carbocycles. The Morgan fingerprint density at radius 3 is 2.88 bits per heavy atom. The number of aromatic nitrogens is 1. The van der Waals surface area contributed by atoms with Crippen LogP contribution in [-0.4, -0.2) is 12.1 Å². The second kappa shape index (κ2) is 4.63. The van der Waals surface area contributed by atoms with Crippen LogP contribution in [-0.2, 0) is 6.54 Å². The van der Waals surface area contributed by atoms with E-state index in [4.69, 9.17) is 10.5 Å². The first-order chi connectivity index (χ1) is 7.74. The SMILES string of the molecule is COc1cc(C)ccc1-c1nc(CN)cs1. The molecule has 0 fully saturated rings. The van der Waals surface area contributed by atoms with Gasteiger partial charge in [0, 0.05) is 11.9 Å². The maximum absolute atomic E-state index is 5.55. The predicted octanol–water partition coefficient (Wildman–Crippen LogP) is 2.59. The summed E-state index contributed by atoms with van der Waals surface area (Å²) in [5, 5.41) is 2.94. The van der Waals surface area contributed by atoms with Gasteiger partial charge in [0.1, 0.15) is 10.8 Å². The lowest BCUT2D eigenvalue weighted by Gasteiger charge is -2.06. The fraction of sp³-hybridized carbons (Fsp3) is 0.250. The normalized spacial score (nSPS) is 10.4. The minimum atomic E-state index is 0.477. The second-order valence-electron chi connectivity index (χ2n) is 3.55. The van der Waals surface area contributed by atoms with E-state index in [0.29, 0.717) is 6.54 Å². The lowest BCUT2D eigenvalue weighted by molar-refractivity contribution is 0.416. The molecule has 0 amide bonds. The van der Waals surface area contributed by atoms with Crippen LogP contribution in [0.4, 0.5) is 0 Å². The molecule has 1 heterocycles. The number of nitrogens with two attached hydrogens (primary N) is 1. The number of methoxy groups -OCH3 is 1. The molecule has 2 aromatic rings. The molecule has 16 heavy (non-hydrogen) atoms. The maximum Gasteiger partial charge on any atom is 0.129 e. The van der Waals surface area contributed by atoms with Crippen LogP contribution in [0.1, 0.15) is 11.3 Å². The van der Waals surface area contributed by atoms with Gasteiger partial charge in [-0.2, -0.15) is 0 Å². The van der Waals surface area contributed by atoms with Gasteiger partial charge in [-0.1, -0.05) is 6.07 Å². The maximum atomic E-state index is 5.55. The van der Waals surface area contributed by atoms with Gasteiger partial charge in [0.05, 0.1) is 18.4 Å². The summed E-state index contributed by atoms with van der Waals surface area (Å²) in [5.41, 5.74) is 8.67. The average molecular weight is 234 g/mol. The number of ether oxygens (including phenoxy) is 1. The summed E-state index contributed by atoms with van der Waals surface area (Å²) in [4.78, 5) is 4.45. The van der Waals surface area contributed by atoms with E-state index < -0.39 is 0 Å². The Hall–Kier alpha value is -1.39. The Labute approximate surface area is 98.9 Å². The van der Waals surface area contributed by atoms with Gasteiger partial charge in [-0.3, -0.25) is 0 Å². The Kier molecular flexibility index (Phi) is 3.22. The van der Waals surface area contributed by atoms with E-state index in [1.807, 2.05) is 24.4 Å². The highest BCUT2D eigenvalue weighted by Crippen LogP contribution is 2.32.